The fraction of sp³-hybridized carbons (Fsp3) is 0.286. The number of carboxylic acids is 2. The molecule has 3 aromatic carbocycles. The van der Waals surface area contributed by atoms with Crippen LogP contribution in [-0.2, 0) is 22.4 Å². The predicted octanol–water partition coefficient (Wildman–Crippen LogP) is 6.46. The second-order valence-corrected chi connectivity index (χ2v) is 8.74. The molecule has 0 saturated heterocycles. The molecular weight excluding hydrogens is 414 g/mol. The Labute approximate surface area is 194 Å². The molecule has 0 amide bonds. The highest BCUT2D eigenvalue weighted by Crippen LogP contribution is 2.37. The first-order valence-electron chi connectivity index (χ1n) is 11.5. The molecule has 33 heavy (non-hydrogen) atoms. The third-order valence-electron chi connectivity index (χ3n) is 6.33. The fourth-order valence-electron chi connectivity index (χ4n) is 4.65. The average molecular weight is 444 g/mol. The van der Waals surface area contributed by atoms with Crippen LogP contribution in [0.2, 0.25) is 0 Å². The van der Waals surface area contributed by atoms with Crippen LogP contribution >= 0.6 is 0 Å². The topological polar surface area (TPSA) is 77.8 Å². The number of hydrogen-bond acceptors (Lipinski definition) is 3. The van der Waals surface area contributed by atoms with Crippen molar-refractivity contribution in [3.8, 4) is 0 Å². The second-order valence-electron chi connectivity index (χ2n) is 8.74. The van der Waals surface area contributed by atoms with Crippen LogP contribution in [0.1, 0.15) is 54.7 Å². The molecule has 0 atom stereocenters. The predicted molar refractivity (Wildman–Crippen MR) is 130 cm³/mol. The van der Waals surface area contributed by atoms with E-state index in [0.29, 0.717) is 5.92 Å². The van der Waals surface area contributed by atoms with E-state index in [2.05, 4.69) is 29.2 Å². The van der Waals surface area contributed by atoms with Crippen molar-refractivity contribution in [2.75, 3.05) is 4.90 Å². The lowest BCUT2D eigenvalue weighted by atomic mass is 9.84. The number of benzene rings is 3. The Hall–Kier alpha value is -3.60. The highest BCUT2D eigenvalue weighted by molar-refractivity contribution is 5.78. The maximum absolute atomic E-state index is 11.0. The minimum atomic E-state index is -0.855. The third kappa shape index (κ3) is 5.80. The number of carbonyl (C=O) groups is 2. The quantitative estimate of drug-likeness (QED) is 0.418. The van der Waals surface area contributed by atoms with Gasteiger partial charge in [-0.1, -0.05) is 55.7 Å². The molecule has 3 aromatic rings. The Morgan fingerprint density at radius 3 is 1.42 bits per heavy atom. The summed E-state index contributed by atoms with van der Waals surface area (Å²) in [5.41, 5.74) is 5.71. The van der Waals surface area contributed by atoms with Gasteiger partial charge in [0.15, 0.2) is 0 Å². The first kappa shape index (κ1) is 22.6. The van der Waals surface area contributed by atoms with Crippen LogP contribution in [0.4, 0.5) is 17.1 Å². The lowest BCUT2D eigenvalue weighted by Gasteiger charge is -2.27. The summed E-state index contributed by atoms with van der Waals surface area (Å²) in [6.07, 6.45) is 6.39. The van der Waals surface area contributed by atoms with Crippen molar-refractivity contribution >= 4 is 29.0 Å². The van der Waals surface area contributed by atoms with Gasteiger partial charge in [-0.15, -0.1) is 0 Å². The fourth-order valence-corrected chi connectivity index (χ4v) is 4.65. The van der Waals surface area contributed by atoms with E-state index in [4.69, 9.17) is 10.2 Å². The van der Waals surface area contributed by atoms with Crippen LogP contribution in [0.15, 0.2) is 72.8 Å². The first-order chi connectivity index (χ1) is 16.0. The highest BCUT2D eigenvalue weighted by atomic mass is 16.4. The Kier molecular flexibility index (Phi) is 7.08. The maximum atomic E-state index is 11.0. The van der Waals surface area contributed by atoms with Gasteiger partial charge in [0.25, 0.3) is 0 Å². The summed E-state index contributed by atoms with van der Waals surface area (Å²) in [5, 5.41) is 18.1. The molecule has 1 aliphatic rings. The molecule has 0 spiro atoms. The zero-order valence-electron chi connectivity index (χ0n) is 18.6. The molecular formula is C28H29NO4. The lowest BCUT2D eigenvalue weighted by molar-refractivity contribution is -0.137. The van der Waals surface area contributed by atoms with Crippen LogP contribution in [0, 0.1) is 0 Å². The summed E-state index contributed by atoms with van der Waals surface area (Å²) >= 11 is 0. The molecule has 2 N–H and O–H groups in total. The molecule has 5 nitrogen and oxygen atoms in total. The molecule has 0 radical (unpaired) electrons. The van der Waals surface area contributed by atoms with E-state index in [9.17, 15) is 9.59 Å². The number of rotatable bonds is 8. The van der Waals surface area contributed by atoms with E-state index in [0.717, 1.165) is 28.2 Å². The van der Waals surface area contributed by atoms with Crippen molar-refractivity contribution in [3.63, 3.8) is 0 Å². The maximum Gasteiger partial charge on any atom is 0.307 e. The summed E-state index contributed by atoms with van der Waals surface area (Å²) in [5.74, 6) is -1.08. The third-order valence-corrected chi connectivity index (χ3v) is 6.33. The molecule has 0 bridgehead atoms. The van der Waals surface area contributed by atoms with Crippen molar-refractivity contribution in [2.24, 2.45) is 0 Å². The van der Waals surface area contributed by atoms with Crippen LogP contribution in [0.3, 0.4) is 0 Å². The van der Waals surface area contributed by atoms with E-state index >= 15 is 0 Å². The Balaban J connectivity index is 1.66. The zero-order valence-corrected chi connectivity index (χ0v) is 18.6. The number of hydrogen-bond donors (Lipinski definition) is 2. The van der Waals surface area contributed by atoms with E-state index < -0.39 is 11.9 Å². The van der Waals surface area contributed by atoms with Crippen molar-refractivity contribution in [3.05, 3.63) is 89.5 Å². The van der Waals surface area contributed by atoms with Gasteiger partial charge < -0.3 is 15.1 Å². The van der Waals surface area contributed by atoms with Gasteiger partial charge in [0.05, 0.1) is 12.8 Å². The van der Waals surface area contributed by atoms with Gasteiger partial charge in [-0.2, -0.15) is 0 Å². The standard InChI is InChI=1S/C28H29NO4/c30-27(31)18-20-6-12-24(13-7-20)29(25-14-8-21(9-15-25)19-28(32)33)26-16-10-23(11-17-26)22-4-2-1-3-5-22/h6-17,22H,1-5,18-19H2,(H,30,31)(H,32,33). The van der Waals surface area contributed by atoms with E-state index in [1.54, 1.807) is 0 Å². The second kappa shape index (κ2) is 10.3. The minimum absolute atomic E-state index is 0.0136. The van der Waals surface area contributed by atoms with Crippen molar-refractivity contribution < 1.29 is 19.8 Å². The van der Waals surface area contributed by atoms with Crippen molar-refractivity contribution in [1.29, 1.82) is 0 Å². The van der Waals surface area contributed by atoms with Crippen LogP contribution in [0.25, 0.3) is 0 Å². The van der Waals surface area contributed by atoms with Gasteiger partial charge in [-0.05, 0) is 71.8 Å². The van der Waals surface area contributed by atoms with Gasteiger partial charge in [0.1, 0.15) is 0 Å². The Morgan fingerprint density at radius 2 is 1.03 bits per heavy atom. The summed E-state index contributed by atoms with van der Waals surface area (Å²) in [6, 6.07) is 23.8. The molecule has 1 aliphatic carbocycles. The molecule has 1 saturated carbocycles. The lowest BCUT2D eigenvalue weighted by Crippen LogP contribution is -2.11. The molecule has 0 unspecified atom stereocenters. The Morgan fingerprint density at radius 1 is 0.636 bits per heavy atom. The van der Waals surface area contributed by atoms with Gasteiger partial charge in [0.2, 0.25) is 0 Å². The average Bonchev–Trinajstić information content (AvgIpc) is 2.82. The van der Waals surface area contributed by atoms with E-state index in [1.807, 2.05) is 48.5 Å². The highest BCUT2D eigenvalue weighted by Gasteiger charge is 2.17. The van der Waals surface area contributed by atoms with Crippen LogP contribution in [0.5, 0.6) is 0 Å². The van der Waals surface area contributed by atoms with Crippen LogP contribution < -0.4 is 4.90 Å². The molecule has 170 valence electrons. The van der Waals surface area contributed by atoms with E-state index in [-0.39, 0.29) is 12.8 Å². The monoisotopic (exact) mass is 443 g/mol. The van der Waals surface area contributed by atoms with Gasteiger partial charge in [0, 0.05) is 17.1 Å². The van der Waals surface area contributed by atoms with Crippen molar-refractivity contribution in [1.82, 2.24) is 0 Å². The smallest absolute Gasteiger partial charge is 0.307 e. The summed E-state index contributed by atoms with van der Waals surface area (Å²) < 4.78 is 0. The molecule has 1 fully saturated rings. The van der Waals surface area contributed by atoms with Crippen molar-refractivity contribution in [2.45, 2.75) is 50.9 Å². The Bertz CT molecular complexity index is 1020. The number of carboxylic acid groups (broad SMARTS) is 2. The first-order valence-corrected chi connectivity index (χ1v) is 11.5. The van der Waals surface area contributed by atoms with E-state index in [1.165, 1.54) is 37.7 Å². The molecule has 4 rings (SSSR count). The van der Waals surface area contributed by atoms with Gasteiger partial charge in [-0.25, -0.2) is 0 Å². The summed E-state index contributed by atoms with van der Waals surface area (Å²) in [4.78, 5) is 24.2. The van der Waals surface area contributed by atoms with Gasteiger partial charge in [-0.3, -0.25) is 9.59 Å². The molecule has 0 aromatic heterocycles. The zero-order chi connectivity index (χ0) is 23.2. The molecule has 0 heterocycles. The normalized spacial score (nSPS) is 14.1. The molecule has 5 heteroatoms. The minimum Gasteiger partial charge on any atom is -0.481 e. The SMILES string of the molecule is O=C(O)Cc1ccc(N(c2ccc(CC(=O)O)cc2)c2ccc(C3CCCCC3)cc2)cc1. The number of nitrogens with zero attached hydrogens (tertiary/aromatic N) is 1. The summed E-state index contributed by atoms with van der Waals surface area (Å²) in [7, 11) is 0. The number of anilines is 3. The summed E-state index contributed by atoms with van der Waals surface area (Å²) in [6.45, 7) is 0. The number of aliphatic carboxylic acids is 2. The molecule has 0 aliphatic heterocycles. The van der Waals surface area contributed by atoms with Gasteiger partial charge >= 0.3 is 11.9 Å². The van der Waals surface area contributed by atoms with Crippen LogP contribution in [-0.4, -0.2) is 22.2 Å². The largest absolute Gasteiger partial charge is 0.481 e.